The van der Waals surface area contributed by atoms with Crippen LogP contribution in [-0.4, -0.2) is 83.4 Å². The lowest BCUT2D eigenvalue weighted by atomic mass is 10.0. The number of fused-ring (bicyclic) bond motifs is 1. The Morgan fingerprint density at radius 2 is 2.08 bits per heavy atom. The van der Waals surface area contributed by atoms with Gasteiger partial charge in [0.25, 0.3) is 11.8 Å². The number of anilines is 1. The second-order valence-corrected chi connectivity index (χ2v) is 10.6. The van der Waals surface area contributed by atoms with Gasteiger partial charge in [-0.05, 0) is 11.6 Å². The van der Waals surface area contributed by atoms with Crippen molar-refractivity contribution in [2.24, 2.45) is 12.2 Å². The predicted molar refractivity (Wildman–Crippen MR) is 147 cm³/mol. The second kappa shape index (κ2) is 11.5. The van der Waals surface area contributed by atoms with Gasteiger partial charge in [0, 0.05) is 23.1 Å². The Morgan fingerprint density at radius 1 is 1.35 bits per heavy atom. The van der Waals surface area contributed by atoms with Gasteiger partial charge in [0.2, 0.25) is 0 Å². The average Bonchev–Trinajstić information content (AvgIpc) is 3.35. The lowest BCUT2D eigenvalue weighted by Gasteiger charge is -2.49. The van der Waals surface area contributed by atoms with E-state index in [2.05, 4.69) is 33.2 Å². The highest BCUT2D eigenvalue weighted by molar-refractivity contribution is 8.00. The zero-order chi connectivity index (χ0) is 29.3. The number of thioether (sulfide) groups is 1. The smallest absolute Gasteiger partial charge is 0.352 e. The van der Waals surface area contributed by atoms with E-state index in [4.69, 9.17) is 10.6 Å². The number of carbonyl (C=O) groups is 4. The molecule has 2 aliphatic rings. The molecular weight excluding hydrogens is 588 g/mol. The number of nitrogens with two attached hydrogens (primary N) is 1. The number of nitrogens with one attached hydrogen (secondary N) is 1. The first kappa shape index (κ1) is 28.8. The van der Waals surface area contributed by atoms with E-state index in [1.807, 2.05) is 0 Å². The van der Waals surface area contributed by atoms with Gasteiger partial charge in [0.1, 0.15) is 42.7 Å². The molecule has 2 aliphatic heterocycles. The number of carboxylic acids is 1. The molecule has 4 N–H and O–H groups in total. The molecule has 4 rings (SSSR count). The summed E-state index contributed by atoms with van der Waals surface area (Å²) in [7, 11) is 2.50. The molecule has 40 heavy (non-hydrogen) atoms. The number of carboxylic acid groups (broad SMARTS) is 1. The molecule has 0 radical (unpaired) electrons. The number of nitrogens with zero attached hydrogens (tertiary/aromatic N) is 6. The highest BCUT2D eigenvalue weighted by atomic mass is 32.2. The molecule has 2 aromatic heterocycles. The first-order valence-electron chi connectivity index (χ1n) is 11.1. The van der Waals surface area contributed by atoms with Crippen molar-refractivity contribution in [3.8, 4) is 0 Å². The number of aliphatic carboxylic acids is 1. The van der Waals surface area contributed by atoms with E-state index in [0.717, 1.165) is 20.8 Å². The summed E-state index contributed by atoms with van der Waals surface area (Å²) in [5.74, 6) is -2.90. The second-order valence-electron chi connectivity index (χ2n) is 8.10. The Labute approximate surface area is 237 Å². The molecule has 1 fully saturated rings. The first-order chi connectivity index (χ1) is 19.0. The first-order valence-corrected chi connectivity index (χ1v) is 13.4. The van der Waals surface area contributed by atoms with Crippen molar-refractivity contribution >= 4 is 75.5 Å². The Morgan fingerprint density at radius 3 is 2.67 bits per heavy atom. The van der Waals surface area contributed by atoms with Crippen molar-refractivity contribution in [2.45, 2.75) is 18.0 Å². The molecule has 1 saturated heterocycles. The number of thiol groups is 1. The predicted octanol–water partition coefficient (Wildman–Crippen LogP) is -1.76. The number of nitrogen functional groups attached to an aromatic ring is 1. The third-order valence-electron chi connectivity index (χ3n) is 5.69. The Balaban J connectivity index is 1.63. The number of aromatic nitrogens is 4. The molecule has 19 heteroatoms. The minimum Gasteiger partial charge on any atom is -0.477 e. The minimum absolute atomic E-state index is 0.00725. The monoisotopic (exact) mass is 608 g/mol. The zero-order valence-corrected chi connectivity index (χ0v) is 23.2. The number of carbonyl (C=O) groups excluding carboxylic acids is 3. The summed E-state index contributed by atoms with van der Waals surface area (Å²) < 4.78 is 1.58. The summed E-state index contributed by atoms with van der Waals surface area (Å²) >= 11 is 6.59. The van der Waals surface area contributed by atoms with Gasteiger partial charge in [-0.15, -0.1) is 40.8 Å². The summed E-state index contributed by atoms with van der Waals surface area (Å²) in [6, 6.07) is -1.07. The maximum absolute atomic E-state index is 13.0. The fraction of sp³-hybridized carbons (Fsp3) is 0.286. The Kier molecular flexibility index (Phi) is 8.26. The van der Waals surface area contributed by atoms with Crippen molar-refractivity contribution in [1.29, 1.82) is 0 Å². The van der Waals surface area contributed by atoms with Gasteiger partial charge < -0.3 is 25.8 Å². The fourth-order valence-corrected chi connectivity index (χ4v) is 6.08. The van der Waals surface area contributed by atoms with E-state index in [-0.39, 0.29) is 44.3 Å². The Bertz CT molecular complexity index is 1640. The molecule has 2 atom stereocenters. The molecule has 4 heterocycles. The molecule has 0 aromatic carbocycles. The van der Waals surface area contributed by atoms with Crippen LogP contribution in [0.1, 0.15) is 11.5 Å². The van der Waals surface area contributed by atoms with Crippen LogP contribution in [-0.2, 0) is 37.6 Å². The summed E-state index contributed by atoms with van der Waals surface area (Å²) in [5.41, 5.74) is 3.39. The number of oxime groups is 1. The molecule has 0 aliphatic carbocycles. The van der Waals surface area contributed by atoms with Gasteiger partial charge in [-0.25, -0.2) is 14.5 Å². The molecule has 2 amide bonds. The van der Waals surface area contributed by atoms with Crippen LogP contribution in [0.2, 0.25) is 0 Å². The number of rotatable bonds is 9. The summed E-state index contributed by atoms with van der Waals surface area (Å²) in [5, 5.41) is 21.1. The number of hydrogen-bond donors (Lipinski definition) is 4. The number of allylic oxidation sites excluding steroid dienone is 1. The summed E-state index contributed by atoms with van der Waals surface area (Å²) in [6.45, 7) is -0.467. The highest BCUT2D eigenvalue weighted by Crippen LogP contribution is 2.41. The maximum atomic E-state index is 13.0. The lowest BCUT2D eigenvalue weighted by Crippen LogP contribution is -2.71. The molecule has 16 nitrogen and oxygen atoms in total. The van der Waals surface area contributed by atoms with Crippen LogP contribution in [0.4, 0.5) is 5.13 Å². The van der Waals surface area contributed by atoms with Gasteiger partial charge in [-0.3, -0.25) is 28.6 Å². The van der Waals surface area contributed by atoms with Crippen LogP contribution >= 0.6 is 35.7 Å². The van der Waals surface area contributed by atoms with Crippen molar-refractivity contribution in [1.82, 2.24) is 29.5 Å². The number of amides is 2. The fourth-order valence-electron chi connectivity index (χ4n) is 3.88. The van der Waals surface area contributed by atoms with Gasteiger partial charge in [-0.1, -0.05) is 5.16 Å². The van der Waals surface area contributed by atoms with Gasteiger partial charge in [-0.2, -0.15) is 0 Å². The summed E-state index contributed by atoms with van der Waals surface area (Å²) in [4.78, 5) is 83.1. The SMILES string of the molecule is CON=C(C(=O)NC1C(=O)N2C(C(=O)O)=C(C=C(S)c3nn(CC=O)c(=O)c(=O)n3C)CSC12)c1csc(N)n1. The number of hydrogen-bond acceptors (Lipinski definition) is 14. The Hall–Kier alpha value is -4.23. The van der Waals surface area contributed by atoms with Crippen LogP contribution in [0.5, 0.6) is 0 Å². The van der Waals surface area contributed by atoms with Gasteiger partial charge >= 0.3 is 17.1 Å². The highest BCUT2D eigenvalue weighted by Gasteiger charge is 2.54. The third-order valence-corrected chi connectivity index (χ3v) is 8.00. The lowest BCUT2D eigenvalue weighted by molar-refractivity contribution is -0.150. The molecule has 0 saturated carbocycles. The molecule has 2 unspecified atom stereocenters. The van der Waals surface area contributed by atoms with Gasteiger partial charge in [0.15, 0.2) is 16.7 Å². The van der Waals surface area contributed by atoms with E-state index in [0.29, 0.717) is 11.0 Å². The summed E-state index contributed by atoms with van der Waals surface area (Å²) in [6.07, 6.45) is 1.70. The normalized spacial score (nSPS) is 19.2. The van der Waals surface area contributed by atoms with Crippen molar-refractivity contribution in [3.63, 3.8) is 0 Å². The van der Waals surface area contributed by atoms with E-state index >= 15 is 0 Å². The van der Waals surface area contributed by atoms with E-state index in [1.54, 1.807) is 0 Å². The molecular formula is C21H20N8O8S3. The number of thiazole rings is 1. The largest absolute Gasteiger partial charge is 0.477 e. The molecule has 210 valence electrons. The number of aldehydes is 1. The zero-order valence-electron chi connectivity index (χ0n) is 20.6. The van der Waals surface area contributed by atoms with E-state index in [9.17, 15) is 33.9 Å². The van der Waals surface area contributed by atoms with Gasteiger partial charge in [0.05, 0.1) is 0 Å². The molecule has 2 aromatic rings. The molecule has 0 spiro atoms. The van der Waals surface area contributed by atoms with Crippen LogP contribution in [0, 0.1) is 0 Å². The van der Waals surface area contributed by atoms with E-state index in [1.165, 1.54) is 37.4 Å². The average molecular weight is 609 g/mol. The van der Waals surface area contributed by atoms with Crippen molar-refractivity contribution < 1.29 is 29.1 Å². The number of β-lactam (4-membered cyclic amide) rings is 1. The van der Waals surface area contributed by atoms with Crippen LogP contribution in [0.25, 0.3) is 4.91 Å². The van der Waals surface area contributed by atoms with Crippen LogP contribution < -0.4 is 22.2 Å². The van der Waals surface area contributed by atoms with Crippen molar-refractivity contribution in [3.05, 3.63) is 55.0 Å². The molecule has 0 bridgehead atoms. The van der Waals surface area contributed by atoms with Crippen molar-refractivity contribution in [2.75, 3.05) is 18.6 Å². The third kappa shape index (κ3) is 5.17. The maximum Gasteiger partial charge on any atom is 0.352 e. The quantitative estimate of drug-likeness (QED) is 0.0621. The standard InChI is InChI=1S/C21H20N8O8S3/c1-27-14(25-28(3-4-30)18(34)17(27)33)10(38)5-8-6-39-19-12(16(32)29(19)13(8)20(35)36)24-15(31)11(26-37-2)9-7-40-21(22)23-9/h4-5,7,12,19,38H,3,6H2,1-2H3,(H2,22,23)(H,24,31)(H,35,36). The van der Waals surface area contributed by atoms with Crippen LogP contribution in [0.15, 0.2) is 37.5 Å². The van der Waals surface area contributed by atoms with E-state index < -0.39 is 46.9 Å². The van der Waals surface area contributed by atoms with Crippen LogP contribution in [0.3, 0.4) is 0 Å². The minimum atomic E-state index is -1.41. The topological polar surface area (TPSA) is 221 Å².